The minimum Gasteiger partial charge on any atom is -0.309 e. The Labute approximate surface area is 208 Å². The van der Waals surface area contributed by atoms with Gasteiger partial charge in [-0.1, -0.05) is 97.1 Å². The zero-order chi connectivity index (χ0) is 23.9. The van der Waals surface area contributed by atoms with Gasteiger partial charge in [0, 0.05) is 27.6 Å². The lowest BCUT2D eigenvalue weighted by atomic mass is 10.1. The summed E-state index contributed by atoms with van der Waals surface area (Å²) in [7, 11) is 0. The van der Waals surface area contributed by atoms with Crippen LogP contribution in [0.5, 0.6) is 0 Å². The van der Waals surface area contributed by atoms with E-state index in [-0.39, 0.29) is 0 Å². The Hall–Kier alpha value is -4.96. The predicted molar refractivity (Wildman–Crippen MR) is 147 cm³/mol. The summed E-state index contributed by atoms with van der Waals surface area (Å²) in [6.07, 6.45) is 0. The maximum Gasteiger partial charge on any atom is 0.170 e. The quantitative estimate of drug-likeness (QED) is 0.269. The van der Waals surface area contributed by atoms with Crippen LogP contribution in [0.3, 0.4) is 0 Å². The summed E-state index contributed by atoms with van der Waals surface area (Å²) in [6.45, 7) is 0. The van der Waals surface area contributed by atoms with E-state index in [1.54, 1.807) is 0 Å². The van der Waals surface area contributed by atoms with Gasteiger partial charge in [0.15, 0.2) is 11.6 Å². The highest BCUT2D eigenvalue weighted by atomic mass is 15.3. The second-order valence-corrected chi connectivity index (χ2v) is 8.77. The van der Waals surface area contributed by atoms with Crippen molar-refractivity contribution in [2.24, 2.45) is 0 Å². The molecule has 0 aliphatic heterocycles. The summed E-state index contributed by atoms with van der Waals surface area (Å²) < 4.78 is 4.49. The molecule has 36 heavy (non-hydrogen) atoms. The van der Waals surface area contributed by atoms with Crippen molar-refractivity contribution in [3.63, 3.8) is 0 Å². The van der Waals surface area contributed by atoms with Gasteiger partial charge in [0.25, 0.3) is 0 Å². The van der Waals surface area contributed by atoms with E-state index < -0.39 is 0 Å². The monoisotopic (exact) mass is 462 g/mol. The first-order valence-electron chi connectivity index (χ1n) is 12.0. The van der Waals surface area contributed by atoms with Gasteiger partial charge in [0.2, 0.25) is 0 Å². The van der Waals surface area contributed by atoms with E-state index in [1.807, 2.05) is 36.4 Å². The number of nitrogens with zero attached hydrogens (tertiary/aromatic N) is 4. The molecule has 0 unspecified atom stereocenters. The summed E-state index contributed by atoms with van der Waals surface area (Å²) in [6, 6.07) is 46.2. The van der Waals surface area contributed by atoms with Gasteiger partial charge < -0.3 is 4.57 Å². The Morgan fingerprint density at radius 2 is 0.944 bits per heavy atom. The number of fused-ring (bicyclic) bond motifs is 3. The number of benzene rings is 5. The van der Waals surface area contributed by atoms with E-state index in [4.69, 9.17) is 5.10 Å². The predicted octanol–water partition coefficient (Wildman–Crippen LogP) is 7.70. The first kappa shape index (κ1) is 20.4. The molecule has 2 aromatic heterocycles. The van der Waals surface area contributed by atoms with Crippen LogP contribution in [-0.2, 0) is 0 Å². The van der Waals surface area contributed by atoms with Crippen molar-refractivity contribution in [1.82, 2.24) is 19.3 Å². The molecule has 0 spiro atoms. The van der Waals surface area contributed by atoms with Gasteiger partial charge in [-0.2, -0.15) is 0 Å². The number of hydrogen-bond donors (Lipinski definition) is 0. The van der Waals surface area contributed by atoms with Gasteiger partial charge in [0.05, 0.1) is 16.7 Å². The highest BCUT2D eigenvalue weighted by Crippen LogP contribution is 2.37. The minimum absolute atomic E-state index is 0.803. The fourth-order valence-corrected chi connectivity index (χ4v) is 5.09. The van der Waals surface area contributed by atoms with Crippen molar-refractivity contribution in [2.75, 3.05) is 0 Å². The van der Waals surface area contributed by atoms with E-state index >= 15 is 0 Å². The lowest BCUT2D eigenvalue weighted by Crippen LogP contribution is -2.03. The van der Waals surface area contributed by atoms with E-state index in [2.05, 4.69) is 111 Å². The fraction of sp³-hybridized carbons (Fsp3) is 0. The molecular formula is C32H22N4. The third kappa shape index (κ3) is 3.16. The third-order valence-electron chi connectivity index (χ3n) is 6.68. The van der Waals surface area contributed by atoms with E-state index in [0.29, 0.717) is 0 Å². The zero-order valence-corrected chi connectivity index (χ0v) is 19.5. The second kappa shape index (κ2) is 8.36. The number of hydrogen-bond acceptors (Lipinski definition) is 2. The Bertz CT molecular complexity index is 1780. The largest absolute Gasteiger partial charge is 0.309 e. The second-order valence-electron chi connectivity index (χ2n) is 8.77. The topological polar surface area (TPSA) is 35.6 Å². The normalized spacial score (nSPS) is 11.3. The number of aromatic nitrogens is 4. The van der Waals surface area contributed by atoms with Crippen LogP contribution in [0.25, 0.3) is 56.0 Å². The molecule has 0 aliphatic carbocycles. The maximum atomic E-state index is 4.77. The maximum absolute atomic E-state index is 4.77. The molecule has 0 N–H and O–H groups in total. The molecule has 4 heteroatoms. The van der Waals surface area contributed by atoms with Crippen LogP contribution >= 0.6 is 0 Å². The van der Waals surface area contributed by atoms with Gasteiger partial charge in [0.1, 0.15) is 0 Å². The van der Waals surface area contributed by atoms with Crippen LogP contribution in [0.4, 0.5) is 0 Å². The molecule has 7 rings (SSSR count). The van der Waals surface area contributed by atoms with Gasteiger partial charge in [-0.25, -0.2) is 0 Å². The summed E-state index contributed by atoms with van der Waals surface area (Å²) in [5.41, 5.74) is 6.46. The molecule has 0 amide bonds. The van der Waals surface area contributed by atoms with Crippen molar-refractivity contribution >= 4 is 21.8 Å². The standard InChI is InChI=1S/C32H22N4/c1-3-13-23(14-4-1)31-33-34-32(35(31)24-15-5-2-6-16-24)27-19-9-12-22-30(27)36-28-20-10-7-17-25(28)26-18-8-11-21-29(26)36/h1-22H. The highest BCUT2D eigenvalue weighted by molar-refractivity contribution is 6.09. The lowest BCUT2D eigenvalue weighted by Gasteiger charge is -2.15. The molecule has 4 nitrogen and oxygen atoms in total. The van der Waals surface area contributed by atoms with Gasteiger partial charge in [-0.3, -0.25) is 4.57 Å². The van der Waals surface area contributed by atoms with Gasteiger partial charge in [-0.15, -0.1) is 10.2 Å². The summed E-state index contributed by atoms with van der Waals surface area (Å²) >= 11 is 0. The Morgan fingerprint density at radius 1 is 0.417 bits per heavy atom. The van der Waals surface area contributed by atoms with E-state index in [0.717, 1.165) is 34.2 Å². The number of rotatable bonds is 4. The zero-order valence-electron chi connectivity index (χ0n) is 19.5. The minimum atomic E-state index is 0.803. The molecule has 0 fully saturated rings. The molecule has 5 aromatic carbocycles. The van der Waals surface area contributed by atoms with Crippen molar-refractivity contribution in [2.45, 2.75) is 0 Å². The van der Waals surface area contributed by atoms with Gasteiger partial charge in [-0.05, 0) is 36.4 Å². The van der Waals surface area contributed by atoms with Crippen molar-refractivity contribution < 1.29 is 0 Å². The first-order chi connectivity index (χ1) is 17.9. The molecule has 0 atom stereocenters. The first-order valence-corrected chi connectivity index (χ1v) is 12.0. The number of para-hydroxylation sites is 4. The van der Waals surface area contributed by atoms with Crippen LogP contribution in [0, 0.1) is 0 Å². The Balaban J connectivity index is 1.55. The van der Waals surface area contributed by atoms with Crippen molar-refractivity contribution in [3.8, 4) is 34.2 Å². The summed E-state index contributed by atoms with van der Waals surface area (Å²) in [4.78, 5) is 0. The molecule has 0 bridgehead atoms. The Kier molecular flexibility index (Phi) is 4.74. The van der Waals surface area contributed by atoms with Crippen molar-refractivity contribution in [3.05, 3.63) is 133 Å². The molecule has 0 saturated heterocycles. The molecule has 0 radical (unpaired) electrons. The van der Waals surface area contributed by atoms with Gasteiger partial charge >= 0.3 is 0 Å². The van der Waals surface area contributed by atoms with Crippen LogP contribution in [-0.4, -0.2) is 19.3 Å². The smallest absolute Gasteiger partial charge is 0.170 e. The molecule has 2 heterocycles. The highest BCUT2D eigenvalue weighted by Gasteiger charge is 2.21. The van der Waals surface area contributed by atoms with Crippen LogP contribution in [0.15, 0.2) is 133 Å². The van der Waals surface area contributed by atoms with Crippen LogP contribution in [0.1, 0.15) is 0 Å². The fourth-order valence-electron chi connectivity index (χ4n) is 5.09. The van der Waals surface area contributed by atoms with Crippen molar-refractivity contribution in [1.29, 1.82) is 0 Å². The molecule has 0 aliphatic rings. The molecular weight excluding hydrogens is 440 g/mol. The van der Waals surface area contributed by atoms with Crippen LogP contribution in [0.2, 0.25) is 0 Å². The Morgan fingerprint density at radius 3 is 1.64 bits per heavy atom. The van der Waals surface area contributed by atoms with E-state index in [1.165, 1.54) is 21.8 Å². The van der Waals surface area contributed by atoms with E-state index in [9.17, 15) is 0 Å². The summed E-state index contributed by atoms with van der Waals surface area (Å²) in [5.74, 6) is 1.62. The summed E-state index contributed by atoms with van der Waals surface area (Å²) in [5, 5.41) is 11.9. The SMILES string of the molecule is c1ccc(-c2nnc(-c3ccccc3-n3c4ccccc4c4ccccc43)n2-c2ccccc2)cc1. The third-order valence-corrected chi connectivity index (χ3v) is 6.68. The van der Waals surface area contributed by atoms with Crippen LogP contribution < -0.4 is 0 Å². The molecule has 7 aromatic rings. The lowest BCUT2D eigenvalue weighted by molar-refractivity contribution is 1.06. The average molecular weight is 463 g/mol. The molecule has 170 valence electrons. The molecule has 0 saturated carbocycles. The average Bonchev–Trinajstić information content (AvgIpc) is 3.54.